The van der Waals surface area contributed by atoms with Gasteiger partial charge in [0, 0.05) is 5.88 Å². The molecule has 4 heteroatoms. The monoisotopic (exact) mass is 256 g/mol. The molecule has 0 amide bonds. The van der Waals surface area contributed by atoms with Crippen molar-refractivity contribution < 1.29 is 14.3 Å². The van der Waals surface area contributed by atoms with Gasteiger partial charge in [0.25, 0.3) is 0 Å². The lowest BCUT2D eigenvalue weighted by molar-refractivity contribution is -0.146. The Kier molecular flexibility index (Phi) is 6.67. The SMILES string of the molecule is CCOC(=O)C[C@@H](CCl)OCc1ccccc1. The summed E-state index contributed by atoms with van der Waals surface area (Å²) in [6, 6.07) is 9.77. The summed E-state index contributed by atoms with van der Waals surface area (Å²) in [6.45, 7) is 2.61. The first-order chi connectivity index (χ1) is 8.26. The van der Waals surface area contributed by atoms with Gasteiger partial charge in [-0.2, -0.15) is 0 Å². The number of ether oxygens (including phenoxy) is 2. The molecule has 3 nitrogen and oxygen atoms in total. The van der Waals surface area contributed by atoms with E-state index in [2.05, 4.69) is 0 Å². The summed E-state index contributed by atoms with van der Waals surface area (Å²) in [6.07, 6.45) is -0.0969. The minimum atomic E-state index is -0.295. The second-order valence-corrected chi connectivity index (χ2v) is 3.89. The maximum absolute atomic E-state index is 11.3. The Hall–Kier alpha value is -1.06. The molecule has 0 aliphatic rings. The van der Waals surface area contributed by atoms with Crippen LogP contribution in [0.2, 0.25) is 0 Å². The lowest BCUT2D eigenvalue weighted by Gasteiger charge is -2.14. The molecule has 0 spiro atoms. The van der Waals surface area contributed by atoms with Crippen molar-refractivity contribution in [2.24, 2.45) is 0 Å². The van der Waals surface area contributed by atoms with E-state index in [0.717, 1.165) is 5.56 Å². The van der Waals surface area contributed by atoms with Crippen LogP contribution < -0.4 is 0 Å². The van der Waals surface area contributed by atoms with Crippen molar-refractivity contribution in [1.29, 1.82) is 0 Å². The van der Waals surface area contributed by atoms with Crippen LogP contribution in [0, 0.1) is 0 Å². The topological polar surface area (TPSA) is 35.5 Å². The van der Waals surface area contributed by atoms with Crippen LogP contribution in [-0.4, -0.2) is 24.6 Å². The number of carbonyl (C=O) groups is 1. The summed E-state index contributed by atoms with van der Waals surface area (Å²) in [5, 5.41) is 0. The highest BCUT2D eigenvalue weighted by Crippen LogP contribution is 2.08. The molecule has 1 aromatic rings. The summed E-state index contributed by atoms with van der Waals surface area (Å²) in [5.41, 5.74) is 1.06. The molecule has 17 heavy (non-hydrogen) atoms. The molecule has 0 saturated heterocycles. The summed E-state index contributed by atoms with van der Waals surface area (Å²) >= 11 is 5.75. The fraction of sp³-hybridized carbons (Fsp3) is 0.462. The van der Waals surface area contributed by atoms with Gasteiger partial charge >= 0.3 is 5.97 Å². The van der Waals surface area contributed by atoms with Gasteiger partial charge < -0.3 is 9.47 Å². The molecule has 0 aliphatic carbocycles. The van der Waals surface area contributed by atoms with Gasteiger partial charge in [0.1, 0.15) is 0 Å². The van der Waals surface area contributed by atoms with E-state index < -0.39 is 0 Å². The number of hydrogen-bond donors (Lipinski definition) is 0. The number of hydrogen-bond acceptors (Lipinski definition) is 3. The molecule has 0 unspecified atom stereocenters. The molecule has 0 radical (unpaired) electrons. The third kappa shape index (κ3) is 5.71. The van der Waals surface area contributed by atoms with E-state index in [1.54, 1.807) is 6.92 Å². The van der Waals surface area contributed by atoms with Crippen LogP contribution in [0.3, 0.4) is 0 Å². The molecule has 0 aliphatic heterocycles. The van der Waals surface area contributed by atoms with E-state index in [4.69, 9.17) is 21.1 Å². The number of benzene rings is 1. The Morgan fingerprint density at radius 3 is 2.65 bits per heavy atom. The van der Waals surface area contributed by atoms with Crippen molar-refractivity contribution in [3.05, 3.63) is 35.9 Å². The Bertz CT molecular complexity index is 327. The number of carbonyl (C=O) groups excluding carboxylic acids is 1. The van der Waals surface area contributed by atoms with Crippen molar-refractivity contribution in [2.45, 2.75) is 26.1 Å². The van der Waals surface area contributed by atoms with Crippen LogP contribution in [0.15, 0.2) is 30.3 Å². The van der Waals surface area contributed by atoms with Crippen LogP contribution >= 0.6 is 11.6 Å². The summed E-state index contributed by atoms with van der Waals surface area (Å²) in [5.74, 6) is 0.0114. The molecule has 0 saturated carbocycles. The van der Waals surface area contributed by atoms with E-state index in [1.165, 1.54) is 0 Å². The highest BCUT2D eigenvalue weighted by molar-refractivity contribution is 6.18. The van der Waals surface area contributed by atoms with Gasteiger partial charge in [-0.15, -0.1) is 11.6 Å². The smallest absolute Gasteiger partial charge is 0.308 e. The van der Waals surface area contributed by atoms with Crippen molar-refractivity contribution in [2.75, 3.05) is 12.5 Å². The van der Waals surface area contributed by atoms with E-state index >= 15 is 0 Å². The van der Waals surface area contributed by atoms with Crippen LogP contribution in [-0.2, 0) is 20.9 Å². The quantitative estimate of drug-likeness (QED) is 0.556. The van der Waals surface area contributed by atoms with Crippen molar-refractivity contribution in [3.8, 4) is 0 Å². The largest absolute Gasteiger partial charge is 0.466 e. The van der Waals surface area contributed by atoms with Crippen LogP contribution in [0.1, 0.15) is 18.9 Å². The molecule has 0 bridgehead atoms. The Balaban J connectivity index is 2.34. The molecule has 1 rings (SSSR count). The van der Waals surface area contributed by atoms with Crippen LogP contribution in [0.25, 0.3) is 0 Å². The molecule has 1 atom stereocenters. The van der Waals surface area contributed by atoms with Gasteiger partial charge in [0.2, 0.25) is 0 Å². The molecular formula is C13H17ClO3. The first-order valence-corrected chi connectivity index (χ1v) is 6.16. The van der Waals surface area contributed by atoms with Crippen molar-refractivity contribution >= 4 is 17.6 Å². The van der Waals surface area contributed by atoms with Gasteiger partial charge in [-0.25, -0.2) is 0 Å². The predicted octanol–water partition coefficient (Wildman–Crippen LogP) is 2.76. The van der Waals surface area contributed by atoms with Crippen molar-refractivity contribution in [1.82, 2.24) is 0 Å². The number of rotatable bonds is 7. The fourth-order valence-corrected chi connectivity index (χ4v) is 1.55. The third-order valence-corrected chi connectivity index (χ3v) is 2.54. The first-order valence-electron chi connectivity index (χ1n) is 5.63. The molecule has 0 N–H and O–H groups in total. The maximum atomic E-state index is 11.3. The summed E-state index contributed by atoms with van der Waals surface area (Å²) < 4.78 is 10.4. The fourth-order valence-electron chi connectivity index (χ4n) is 1.35. The molecule has 0 aromatic heterocycles. The zero-order valence-corrected chi connectivity index (χ0v) is 10.7. The van der Waals surface area contributed by atoms with E-state index in [-0.39, 0.29) is 24.4 Å². The molecule has 94 valence electrons. The average Bonchev–Trinajstić information content (AvgIpc) is 2.36. The molecule has 0 heterocycles. The predicted molar refractivity (Wildman–Crippen MR) is 67.0 cm³/mol. The van der Waals surface area contributed by atoms with E-state index in [1.807, 2.05) is 30.3 Å². The van der Waals surface area contributed by atoms with Gasteiger partial charge in [-0.3, -0.25) is 4.79 Å². The zero-order chi connectivity index (χ0) is 12.5. The standard InChI is InChI=1S/C13H17ClO3/c1-2-16-13(15)8-12(9-14)17-10-11-6-4-3-5-7-11/h3-7,12H,2,8-10H2,1H3/t12-/m0/s1. The Morgan fingerprint density at radius 1 is 1.35 bits per heavy atom. The lowest BCUT2D eigenvalue weighted by Crippen LogP contribution is -2.21. The normalized spacial score (nSPS) is 12.1. The van der Waals surface area contributed by atoms with Crippen molar-refractivity contribution in [3.63, 3.8) is 0 Å². The van der Waals surface area contributed by atoms with Crippen LogP contribution in [0.5, 0.6) is 0 Å². The zero-order valence-electron chi connectivity index (χ0n) is 9.90. The minimum Gasteiger partial charge on any atom is -0.466 e. The summed E-state index contributed by atoms with van der Waals surface area (Å²) in [4.78, 5) is 11.3. The molecular weight excluding hydrogens is 240 g/mol. The maximum Gasteiger partial charge on any atom is 0.308 e. The third-order valence-electron chi connectivity index (χ3n) is 2.20. The molecule has 0 fully saturated rings. The number of halogens is 1. The number of alkyl halides is 1. The second-order valence-electron chi connectivity index (χ2n) is 3.58. The average molecular weight is 257 g/mol. The van der Waals surface area contributed by atoms with Gasteiger partial charge in [0.05, 0.1) is 25.7 Å². The summed E-state index contributed by atoms with van der Waals surface area (Å²) in [7, 11) is 0. The second kappa shape index (κ2) is 8.09. The molecule has 1 aromatic carbocycles. The Morgan fingerprint density at radius 2 is 2.06 bits per heavy atom. The minimum absolute atomic E-state index is 0.199. The highest BCUT2D eigenvalue weighted by atomic mass is 35.5. The number of esters is 1. The lowest BCUT2D eigenvalue weighted by atomic mass is 10.2. The van der Waals surface area contributed by atoms with E-state index in [0.29, 0.717) is 13.2 Å². The Labute approximate surface area is 107 Å². The van der Waals surface area contributed by atoms with Gasteiger partial charge in [-0.05, 0) is 12.5 Å². The first kappa shape index (κ1) is 14.0. The van der Waals surface area contributed by atoms with E-state index in [9.17, 15) is 4.79 Å². The van der Waals surface area contributed by atoms with Gasteiger partial charge in [-0.1, -0.05) is 30.3 Å². The van der Waals surface area contributed by atoms with Gasteiger partial charge in [0.15, 0.2) is 0 Å². The highest BCUT2D eigenvalue weighted by Gasteiger charge is 2.14. The van der Waals surface area contributed by atoms with Crippen LogP contribution in [0.4, 0.5) is 0 Å².